The maximum absolute atomic E-state index is 14.5. The van der Waals surface area contributed by atoms with E-state index in [1.807, 2.05) is 0 Å². The molecule has 1 aromatic rings. The number of hydrogen-bond acceptors (Lipinski definition) is 6. The molecule has 0 radical (unpaired) electrons. The zero-order valence-corrected chi connectivity index (χ0v) is 10.5. The summed E-state index contributed by atoms with van der Waals surface area (Å²) in [5.74, 6) is 0.00688. The van der Waals surface area contributed by atoms with Gasteiger partial charge in [-0.3, -0.25) is 4.57 Å². The second-order valence-electron chi connectivity index (χ2n) is 4.83. The van der Waals surface area contributed by atoms with Crippen LogP contribution in [0.3, 0.4) is 0 Å². The maximum atomic E-state index is 14.5. The van der Waals surface area contributed by atoms with Crippen LogP contribution in [0.15, 0.2) is 17.1 Å². The number of ether oxygens (including phenoxy) is 1. The Balaban J connectivity index is 2.42. The first kappa shape index (κ1) is 13.9. The molecule has 0 bridgehead atoms. The molecule has 1 fully saturated rings. The van der Waals surface area contributed by atoms with Crippen molar-refractivity contribution in [3.63, 3.8) is 0 Å². The molecule has 1 saturated heterocycles. The number of aliphatic hydroxyl groups is 2. The lowest BCUT2D eigenvalue weighted by Crippen LogP contribution is -2.44. The summed E-state index contributed by atoms with van der Waals surface area (Å²) in [4.78, 5) is 15.2. The molecular formula is C11H16FN3O4. The minimum Gasteiger partial charge on any atom is -0.391 e. The zero-order chi connectivity index (χ0) is 14.4. The molecule has 0 saturated carbocycles. The first-order valence-electron chi connectivity index (χ1n) is 5.80. The average molecular weight is 273 g/mol. The SMILES string of the molecule is CC(O)[C@H]1O[C@@H](n2ccc(N)nc2=O)[C@](C)(F)[C@@H]1O. The molecule has 1 aromatic heterocycles. The third kappa shape index (κ3) is 2.22. The fraction of sp³-hybridized carbons (Fsp3) is 0.636. The Bertz CT molecular complexity index is 531. The van der Waals surface area contributed by atoms with E-state index in [-0.39, 0.29) is 5.82 Å². The van der Waals surface area contributed by atoms with E-state index < -0.39 is 35.9 Å². The van der Waals surface area contributed by atoms with Crippen LogP contribution < -0.4 is 11.4 Å². The lowest BCUT2D eigenvalue weighted by molar-refractivity contribution is -0.0825. The average Bonchev–Trinajstić information content (AvgIpc) is 2.52. The number of alkyl halides is 1. The summed E-state index contributed by atoms with van der Waals surface area (Å²) in [6.45, 7) is 2.48. The number of aliphatic hydroxyl groups excluding tert-OH is 2. The molecule has 0 aromatic carbocycles. The van der Waals surface area contributed by atoms with Gasteiger partial charge in [0.05, 0.1) is 6.10 Å². The lowest BCUT2D eigenvalue weighted by atomic mass is 9.96. The summed E-state index contributed by atoms with van der Waals surface area (Å²) in [5, 5.41) is 19.3. The van der Waals surface area contributed by atoms with Gasteiger partial charge in [-0.15, -0.1) is 0 Å². The quantitative estimate of drug-likeness (QED) is 0.650. The largest absolute Gasteiger partial charge is 0.391 e. The Labute approximate surface area is 108 Å². The third-order valence-corrected chi connectivity index (χ3v) is 3.24. The van der Waals surface area contributed by atoms with Gasteiger partial charge in [0.2, 0.25) is 0 Å². The number of nitrogens with two attached hydrogens (primary N) is 1. The molecule has 0 aliphatic carbocycles. The van der Waals surface area contributed by atoms with E-state index in [2.05, 4.69) is 4.98 Å². The van der Waals surface area contributed by atoms with Crippen molar-refractivity contribution >= 4 is 5.82 Å². The van der Waals surface area contributed by atoms with Gasteiger partial charge in [0.15, 0.2) is 11.9 Å². The molecule has 7 nitrogen and oxygen atoms in total. The monoisotopic (exact) mass is 273 g/mol. The highest BCUT2D eigenvalue weighted by Gasteiger charge is 2.56. The van der Waals surface area contributed by atoms with Gasteiger partial charge in [-0.25, -0.2) is 9.18 Å². The Hall–Kier alpha value is -1.51. The third-order valence-electron chi connectivity index (χ3n) is 3.24. The molecule has 106 valence electrons. The summed E-state index contributed by atoms with van der Waals surface area (Å²) in [6.07, 6.45) is -3.88. The summed E-state index contributed by atoms with van der Waals surface area (Å²) in [7, 11) is 0. The number of aromatic nitrogens is 2. The van der Waals surface area contributed by atoms with Crippen molar-refractivity contribution in [1.29, 1.82) is 0 Å². The van der Waals surface area contributed by atoms with Crippen LogP contribution in [0.25, 0.3) is 0 Å². The second-order valence-corrected chi connectivity index (χ2v) is 4.83. The Kier molecular flexibility index (Phi) is 3.33. The standard InChI is InChI=1S/C11H16FN3O4/c1-5(16)7-8(17)11(2,12)9(19-7)15-4-3-6(13)14-10(15)18/h3-5,7-9,16-17H,1-2H3,(H2,13,14,18)/t5?,7-,8-,9-,11-/m1/s1. The fourth-order valence-corrected chi connectivity index (χ4v) is 2.14. The van der Waals surface area contributed by atoms with Crippen molar-refractivity contribution < 1.29 is 19.3 Å². The fourth-order valence-electron chi connectivity index (χ4n) is 2.14. The predicted molar refractivity (Wildman–Crippen MR) is 64.0 cm³/mol. The summed E-state index contributed by atoms with van der Waals surface area (Å²) in [5.41, 5.74) is 2.33. The molecule has 0 amide bonds. The molecular weight excluding hydrogens is 257 g/mol. The van der Waals surface area contributed by atoms with Gasteiger partial charge in [-0.1, -0.05) is 0 Å². The molecule has 8 heteroatoms. The van der Waals surface area contributed by atoms with Crippen molar-refractivity contribution in [2.45, 2.75) is 44.1 Å². The van der Waals surface area contributed by atoms with Crippen molar-refractivity contribution in [2.75, 3.05) is 5.73 Å². The van der Waals surface area contributed by atoms with Crippen molar-refractivity contribution in [3.8, 4) is 0 Å². The van der Waals surface area contributed by atoms with Crippen molar-refractivity contribution in [1.82, 2.24) is 9.55 Å². The van der Waals surface area contributed by atoms with Crippen molar-refractivity contribution in [2.24, 2.45) is 0 Å². The highest BCUT2D eigenvalue weighted by Crippen LogP contribution is 2.41. The number of nitrogens with zero attached hydrogens (tertiary/aromatic N) is 2. The van der Waals surface area contributed by atoms with E-state index in [0.29, 0.717) is 0 Å². The molecule has 5 atom stereocenters. The minimum absolute atomic E-state index is 0.00688. The molecule has 1 aliphatic heterocycles. The van der Waals surface area contributed by atoms with Gasteiger partial charge < -0.3 is 20.7 Å². The van der Waals surface area contributed by atoms with Crippen LogP contribution in [0.5, 0.6) is 0 Å². The number of hydrogen-bond donors (Lipinski definition) is 3. The van der Waals surface area contributed by atoms with Crippen LogP contribution in [-0.2, 0) is 4.74 Å². The Morgan fingerprint density at radius 2 is 2.32 bits per heavy atom. The van der Waals surface area contributed by atoms with Crippen LogP contribution in [0.4, 0.5) is 10.2 Å². The van der Waals surface area contributed by atoms with Gasteiger partial charge in [-0.05, 0) is 19.9 Å². The normalized spacial score (nSPS) is 36.4. The molecule has 19 heavy (non-hydrogen) atoms. The predicted octanol–water partition coefficient (Wildman–Crippen LogP) is -0.807. The van der Waals surface area contributed by atoms with Crippen LogP contribution in [-0.4, -0.2) is 43.7 Å². The number of halogens is 1. The zero-order valence-electron chi connectivity index (χ0n) is 10.5. The lowest BCUT2D eigenvalue weighted by Gasteiger charge is -2.24. The molecule has 1 unspecified atom stereocenters. The highest BCUT2D eigenvalue weighted by molar-refractivity contribution is 5.23. The van der Waals surface area contributed by atoms with Gasteiger partial charge in [0.1, 0.15) is 18.0 Å². The Morgan fingerprint density at radius 1 is 1.68 bits per heavy atom. The van der Waals surface area contributed by atoms with E-state index in [1.165, 1.54) is 19.2 Å². The van der Waals surface area contributed by atoms with E-state index in [9.17, 15) is 19.4 Å². The van der Waals surface area contributed by atoms with Gasteiger partial charge >= 0.3 is 5.69 Å². The van der Waals surface area contributed by atoms with E-state index in [0.717, 1.165) is 11.5 Å². The molecule has 2 rings (SSSR count). The first-order chi connectivity index (χ1) is 8.75. The number of nitrogen functional groups attached to an aromatic ring is 1. The number of anilines is 1. The van der Waals surface area contributed by atoms with Crippen LogP contribution in [0, 0.1) is 0 Å². The molecule has 4 N–H and O–H groups in total. The molecule has 0 spiro atoms. The number of rotatable bonds is 2. The van der Waals surface area contributed by atoms with E-state index in [4.69, 9.17) is 10.5 Å². The topological polar surface area (TPSA) is 111 Å². The van der Waals surface area contributed by atoms with Crippen LogP contribution >= 0.6 is 0 Å². The van der Waals surface area contributed by atoms with E-state index in [1.54, 1.807) is 0 Å². The summed E-state index contributed by atoms with van der Waals surface area (Å²) < 4.78 is 20.7. The maximum Gasteiger partial charge on any atom is 0.351 e. The second kappa shape index (κ2) is 4.55. The summed E-state index contributed by atoms with van der Waals surface area (Å²) in [6, 6.07) is 1.32. The van der Waals surface area contributed by atoms with Crippen molar-refractivity contribution in [3.05, 3.63) is 22.7 Å². The van der Waals surface area contributed by atoms with Crippen LogP contribution in [0.2, 0.25) is 0 Å². The highest BCUT2D eigenvalue weighted by atomic mass is 19.1. The molecule has 2 heterocycles. The van der Waals surface area contributed by atoms with Gasteiger partial charge in [-0.2, -0.15) is 4.98 Å². The van der Waals surface area contributed by atoms with Gasteiger partial charge in [0, 0.05) is 6.20 Å². The smallest absolute Gasteiger partial charge is 0.351 e. The molecule has 1 aliphatic rings. The summed E-state index contributed by atoms with van der Waals surface area (Å²) >= 11 is 0. The first-order valence-corrected chi connectivity index (χ1v) is 5.80. The minimum atomic E-state index is -2.23. The van der Waals surface area contributed by atoms with Crippen LogP contribution in [0.1, 0.15) is 20.1 Å². The van der Waals surface area contributed by atoms with E-state index >= 15 is 0 Å². The Morgan fingerprint density at radius 3 is 2.79 bits per heavy atom. The van der Waals surface area contributed by atoms with Gasteiger partial charge in [0.25, 0.3) is 0 Å².